The Morgan fingerprint density at radius 1 is 1.31 bits per heavy atom. The third kappa shape index (κ3) is 2.62. The summed E-state index contributed by atoms with van der Waals surface area (Å²) in [5.41, 5.74) is -1.66. The van der Waals surface area contributed by atoms with Gasteiger partial charge in [-0.05, 0) is 25.2 Å². The van der Waals surface area contributed by atoms with Crippen LogP contribution < -0.4 is 0 Å². The molecule has 0 bridgehead atoms. The quantitative estimate of drug-likeness (QED) is 0.494. The highest BCUT2D eigenvalue weighted by atomic mass is 16.4. The molecule has 0 fully saturated rings. The van der Waals surface area contributed by atoms with E-state index in [0.717, 1.165) is 0 Å². The molecule has 0 saturated heterocycles. The molecule has 0 aromatic carbocycles. The van der Waals surface area contributed by atoms with E-state index >= 15 is 0 Å². The summed E-state index contributed by atoms with van der Waals surface area (Å²) in [5.74, 6) is -2.83. The van der Waals surface area contributed by atoms with E-state index in [0.29, 0.717) is 19.3 Å². The lowest BCUT2D eigenvalue weighted by Gasteiger charge is -2.31. The van der Waals surface area contributed by atoms with Crippen molar-refractivity contribution < 1.29 is 19.8 Å². The Morgan fingerprint density at radius 2 is 1.81 bits per heavy atom. The summed E-state index contributed by atoms with van der Waals surface area (Å²) in [6.07, 6.45) is 3.52. The lowest BCUT2D eigenvalue weighted by molar-refractivity contribution is -0.170. The molecule has 0 aliphatic rings. The van der Waals surface area contributed by atoms with Gasteiger partial charge in [0.2, 0.25) is 0 Å². The van der Waals surface area contributed by atoms with Crippen LogP contribution in [0.2, 0.25) is 0 Å². The maximum atomic E-state index is 11.3. The Kier molecular flexibility index (Phi) is 5.78. The van der Waals surface area contributed by atoms with E-state index in [1.807, 2.05) is 6.92 Å². The van der Waals surface area contributed by atoms with E-state index in [9.17, 15) is 19.8 Å². The number of allylic oxidation sites excluding steroid dienone is 1. The largest absolute Gasteiger partial charge is 0.480 e. The van der Waals surface area contributed by atoms with Crippen LogP contribution >= 0.6 is 0 Å². The van der Waals surface area contributed by atoms with Gasteiger partial charge in [-0.25, -0.2) is 0 Å². The Bertz CT molecular complexity index is 256. The fourth-order valence-electron chi connectivity index (χ4n) is 2.15. The van der Waals surface area contributed by atoms with E-state index in [2.05, 4.69) is 6.58 Å². The van der Waals surface area contributed by atoms with Crippen molar-refractivity contribution in [2.24, 2.45) is 11.3 Å². The molecule has 0 rings (SSSR count). The number of carboxylic acid groups (broad SMARTS) is 2. The summed E-state index contributed by atoms with van der Waals surface area (Å²) in [5, 5.41) is 18.4. The average Bonchev–Trinajstić information content (AvgIpc) is 2.23. The normalized spacial score (nSPS) is 13.1. The molecule has 0 aliphatic carbocycles. The van der Waals surface area contributed by atoms with Gasteiger partial charge in [-0.2, -0.15) is 0 Å². The van der Waals surface area contributed by atoms with Crippen molar-refractivity contribution in [1.29, 1.82) is 0 Å². The predicted molar refractivity (Wildman–Crippen MR) is 61.2 cm³/mol. The van der Waals surface area contributed by atoms with E-state index in [1.165, 1.54) is 0 Å². The minimum Gasteiger partial charge on any atom is -0.480 e. The molecule has 0 radical (unpaired) electrons. The number of hydrogen-bond donors (Lipinski definition) is 2. The Morgan fingerprint density at radius 3 is 2.06 bits per heavy atom. The topological polar surface area (TPSA) is 74.6 Å². The minimum atomic E-state index is -1.66. The van der Waals surface area contributed by atoms with Gasteiger partial charge < -0.3 is 10.2 Å². The first-order valence-corrected chi connectivity index (χ1v) is 5.54. The summed E-state index contributed by atoms with van der Waals surface area (Å²) < 4.78 is 0. The molecule has 0 aliphatic heterocycles. The van der Waals surface area contributed by atoms with Gasteiger partial charge >= 0.3 is 11.9 Å². The van der Waals surface area contributed by atoms with E-state index < -0.39 is 17.4 Å². The summed E-state index contributed by atoms with van der Waals surface area (Å²) >= 11 is 0. The fourth-order valence-corrected chi connectivity index (χ4v) is 2.15. The van der Waals surface area contributed by atoms with Gasteiger partial charge in [0.25, 0.3) is 0 Å². The van der Waals surface area contributed by atoms with E-state index in [1.54, 1.807) is 13.0 Å². The Labute approximate surface area is 96.0 Å². The van der Waals surface area contributed by atoms with Crippen molar-refractivity contribution in [1.82, 2.24) is 0 Å². The second kappa shape index (κ2) is 6.30. The molecular formula is C12H20O4. The number of carboxylic acids is 2. The second-order valence-electron chi connectivity index (χ2n) is 3.91. The van der Waals surface area contributed by atoms with Crippen LogP contribution in [0.5, 0.6) is 0 Å². The maximum Gasteiger partial charge on any atom is 0.321 e. The van der Waals surface area contributed by atoms with Gasteiger partial charge in [0.05, 0.1) is 0 Å². The molecular weight excluding hydrogens is 208 g/mol. The predicted octanol–water partition coefficient (Wildman–Crippen LogP) is 2.54. The maximum absolute atomic E-state index is 11.3. The van der Waals surface area contributed by atoms with Gasteiger partial charge in [0.1, 0.15) is 0 Å². The standard InChI is InChI=1S/C12H20O4/c1-4-7-8-9(5-2)12(6-3,10(13)14)11(15)16/h4,9H,1,5-8H2,2-3H3,(H,13,14)(H,15,16). The highest BCUT2D eigenvalue weighted by Crippen LogP contribution is 2.37. The smallest absolute Gasteiger partial charge is 0.321 e. The van der Waals surface area contributed by atoms with Crippen molar-refractivity contribution in [3.63, 3.8) is 0 Å². The van der Waals surface area contributed by atoms with Crippen molar-refractivity contribution in [3.05, 3.63) is 12.7 Å². The van der Waals surface area contributed by atoms with Crippen LogP contribution in [0.1, 0.15) is 39.5 Å². The van der Waals surface area contributed by atoms with Gasteiger partial charge in [0.15, 0.2) is 5.41 Å². The summed E-state index contributed by atoms with van der Waals surface area (Å²) in [4.78, 5) is 22.5. The first kappa shape index (κ1) is 14.7. The van der Waals surface area contributed by atoms with E-state index in [4.69, 9.17) is 0 Å². The zero-order valence-electron chi connectivity index (χ0n) is 9.90. The van der Waals surface area contributed by atoms with Crippen LogP contribution in [0.4, 0.5) is 0 Å². The lowest BCUT2D eigenvalue weighted by Crippen LogP contribution is -2.45. The number of rotatable bonds is 8. The molecule has 4 heteroatoms. The van der Waals surface area contributed by atoms with Crippen LogP contribution in [-0.2, 0) is 9.59 Å². The van der Waals surface area contributed by atoms with Crippen molar-refractivity contribution in [2.45, 2.75) is 39.5 Å². The van der Waals surface area contributed by atoms with Gasteiger partial charge in [-0.1, -0.05) is 26.3 Å². The number of hydrogen-bond acceptors (Lipinski definition) is 2. The van der Waals surface area contributed by atoms with Crippen molar-refractivity contribution in [3.8, 4) is 0 Å². The highest BCUT2D eigenvalue weighted by Gasteiger charge is 2.50. The minimum absolute atomic E-state index is 0.104. The molecule has 0 heterocycles. The number of aliphatic carboxylic acids is 2. The monoisotopic (exact) mass is 228 g/mol. The summed E-state index contributed by atoms with van der Waals surface area (Å²) in [6.45, 7) is 7.00. The molecule has 1 unspecified atom stereocenters. The highest BCUT2D eigenvalue weighted by molar-refractivity contribution is 5.98. The van der Waals surface area contributed by atoms with E-state index in [-0.39, 0.29) is 12.3 Å². The molecule has 0 amide bonds. The second-order valence-corrected chi connectivity index (χ2v) is 3.91. The van der Waals surface area contributed by atoms with Crippen LogP contribution in [-0.4, -0.2) is 22.2 Å². The molecule has 16 heavy (non-hydrogen) atoms. The molecule has 0 aromatic rings. The van der Waals surface area contributed by atoms with Crippen LogP contribution in [0.25, 0.3) is 0 Å². The van der Waals surface area contributed by atoms with Crippen LogP contribution in [0.3, 0.4) is 0 Å². The average molecular weight is 228 g/mol. The summed E-state index contributed by atoms with van der Waals surface area (Å²) in [6, 6.07) is 0. The summed E-state index contributed by atoms with van der Waals surface area (Å²) in [7, 11) is 0. The molecule has 1 atom stereocenters. The SMILES string of the molecule is C=CCCC(CC)C(CC)(C(=O)O)C(=O)O. The van der Waals surface area contributed by atoms with Gasteiger partial charge in [-0.15, -0.1) is 6.58 Å². The third-order valence-corrected chi connectivity index (χ3v) is 3.23. The van der Waals surface area contributed by atoms with Crippen molar-refractivity contribution >= 4 is 11.9 Å². The third-order valence-electron chi connectivity index (χ3n) is 3.23. The zero-order chi connectivity index (χ0) is 12.8. The molecule has 0 spiro atoms. The fraction of sp³-hybridized carbons (Fsp3) is 0.667. The molecule has 4 nitrogen and oxygen atoms in total. The first-order chi connectivity index (χ1) is 7.47. The molecule has 92 valence electrons. The Balaban J connectivity index is 5.18. The molecule has 0 aromatic heterocycles. The number of carbonyl (C=O) groups is 2. The zero-order valence-corrected chi connectivity index (χ0v) is 9.90. The first-order valence-electron chi connectivity index (χ1n) is 5.54. The lowest BCUT2D eigenvalue weighted by atomic mass is 9.70. The molecule has 0 saturated carbocycles. The Hall–Kier alpha value is -1.32. The van der Waals surface area contributed by atoms with Crippen molar-refractivity contribution in [2.75, 3.05) is 0 Å². The van der Waals surface area contributed by atoms with Crippen LogP contribution in [0, 0.1) is 11.3 Å². The van der Waals surface area contributed by atoms with Gasteiger partial charge in [0, 0.05) is 0 Å². The molecule has 2 N–H and O–H groups in total. The van der Waals surface area contributed by atoms with Crippen LogP contribution in [0.15, 0.2) is 12.7 Å². The van der Waals surface area contributed by atoms with Gasteiger partial charge in [-0.3, -0.25) is 9.59 Å².